The summed E-state index contributed by atoms with van der Waals surface area (Å²) in [5, 5.41) is 0. The first-order valence-electron chi connectivity index (χ1n) is 3.20. The summed E-state index contributed by atoms with van der Waals surface area (Å²) in [4.78, 5) is 0. The molecule has 0 aliphatic rings. The number of furan rings is 1. The van der Waals surface area contributed by atoms with Gasteiger partial charge in [-0.15, -0.1) is 0 Å². The molecule has 0 amide bonds. The Balaban J connectivity index is 3.00. The first-order valence-corrected chi connectivity index (χ1v) is 3.20. The number of nitrogens with two attached hydrogens (primary N) is 1. The van der Waals surface area contributed by atoms with Gasteiger partial charge in [0.2, 0.25) is 0 Å². The Morgan fingerprint density at radius 1 is 1.64 bits per heavy atom. The van der Waals surface area contributed by atoms with Gasteiger partial charge < -0.3 is 10.2 Å². The third-order valence-electron chi connectivity index (χ3n) is 1.51. The molecule has 0 aliphatic carbocycles. The molecule has 1 heterocycles. The van der Waals surface area contributed by atoms with Crippen LogP contribution in [0.1, 0.15) is 11.3 Å². The molecule has 0 radical (unpaired) electrons. The molecule has 1 aromatic rings. The number of hydrogen-bond acceptors (Lipinski definition) is 2. The van der Waals surface area contributed by atoms with Crippen LogP contribution in [0.15, 0.2) is 16.7 Å². The van der Waals surface area contributed by atoms with Gasteiger partial charge in [-0.05, 0) is 13.0 Å². The highest BCUT2D eigenvalue weighted by Gasteiger charge is 2.32. The van der Waals surface area contributed by atoms with Crippen molar-refractivity contribution < 1.29 is 13.2 Å². The van der Waals surface area contributed by atoms with E-state index in [1.165, 1.54) is 19.3 Å². The SMILES string of the molecule is Cc1occc1C(F)(F)CN. The van der Waals surface area contributed by atoms with Crippen molar-refractivity contribution in [2.45, 2.75) is 12.8 Å². The molecule has 1 aromatic heterocycles. The van der Waals surface area contributed by atoms with Crippen LogP contribution < -0.4 is 5.73 Å². The third kappa shape index (κ3) is 1.40. The second-order valence-corrected chi connectivity index (χ2v) is 2.30. The fourth-order valence-corrected chi connectivity index (χ4v) is 0.874. The maximum atomic E-state index is 12.8. The fourth-order valence-electron chi connectivity index (χ4n) is 0.874. The first-order chi connectivity index (χ1) is 5.08. The van der Waals surface area contributed by atoms with Crippen LogP contribution in [0.25, 0.3) is 0 Å². The van der Waals surface area contributed by atoms with E-state index < -0.39 is 12.5 Å². The van der Waals surface area contributed by atoms with E-state index in [1.54, 1.807) is 0 Å². The first kappa shape index (κ1) is 8.20. The van der Waals surface area contributed by atoms with Crippen LogP contribution in [0.2, 0.25) is 0 Å². The summed E-state index contributed by atoms with van der Waals surface area (Å²) in [5.41, 5.74) is 4.75. The lowest BCUT2D eigenvalue weighted by molar-refractivity contribution is 0.00456. The summed E-state index contributed by atoms with van der Waals surface area (Å²) in [6, 6.07) is 1.24. The van der Waals surface area contributed by atoms with Gasteiger partial charge in [-0.3, -0.25) is 0 Å². The van der Waals surface area contributed by atoms with E-state index in [9.17, 15) is 8.78 Å². The van der Waals surface area contributed by atoms with Crippen LogP contribution in [0.4, 0.5) is 8.78 Å². The normalized spacial score (nSPS) is 12.0. The van der Waals surface area contributed by atoms with Crippen LogP contribution in [0, 0.1) is 6.92 Å². The highest BCUT2D eigenvalue weighted by Crippen LogP contribution is 2.29. The second kappa shape index (κ2) is 2.62. The Bertz CT molecular complexity index is 244. The Kier molecular flexibility index (Phi) is 1.95. The van der Waals surface area contributed by atoms with Crippen molar-refractivity contribution in [1.29, 1.82) is 0 Å². The molecule has 2 N–H and O–H groups in total. The predicted octanol–water partition coefficient (Wildman–Crippen LogP) is 1.64. The molecule has 0 aromatic carbocycles. The topological polar surface area (TPSA) is 39.2 Å². The van der Waals surface area contributed by atoms with E-state index in [0.717, 1.165) is 0 Å². The lowest BCUT2D eigenvalue weighted by Gasteiger charge is -2.11. The van der Waals surface area contributed by atoms with E-state index in [1.807, 2.05) is 0 Å². The van der Waals surface area contributed by atoms with Crippen LogP contribution in [-0.2, 0) is 5.92 Å². The molecule has 4 heteroatoms. The van der Waals surface area contributed by atoms with E-state index in [-0.39, 0.29) is 11.3 Å². The van der Waals surface area contributed by atoms with Crippen molar-refractivity contribution in [1.82, 2.24) is 0 Å². The Morgan fingerprint density at radius 2 is 2.27 bits per heavy atom. The summed E-state index contributed by atoms with van der Waals surface area (Å²) in [6.07, 6.45) is 1.23. The van der Waals surface area contributed by atoms with Gasteiger partial charge in [-0.25, -0.2) is 0 Å². The van der Waals surface area contributed by atoms with Gasteiger partial charge in [0.1, 0.15) is 5.76 Å². The number of hydrogen-bond donors (Lipinski definition) is 1. The molecule has 0 atom stereocenters. The molecule has 1 rings (SSSR count). The minimum Gasteiger partial charge on any atom is -0.469 e. The lowest BCUT2D eigenvalue weighted by atomic mass is 10.1. The average Bonchev–Trinajstić information content (AvgIpc) is 2.36. The smallest absolute Gasteiger partial charge is 0.288 e. The largest absolute Gasteiger partial charge is 0.469 e. The van der Waals surface area contributed by atoms with Gasteiger partial charge in [-0.1, -0.05) is 0 Å². The van der Waals surface area contributed by atoms with Crippen molar-refractivity contribution in [2.75, 3.05) is 6.54 Å². The van der Waals surface area contributed by atoms with Gasteiger partial charge in [0.25, 0.3) is 5.92 Å². The van der Waals surface area contributed by atoms with Crippen LogP contribution in [-0.4, -0.2) is 6.54 Å². The zero-order valence-electron chi connectivity index (χ0n) is 6.10. The standard InChI is InChI=1S/C7H9F2NO/c1-5-6(2-3-11-5)7(8,9)4-10/h2-3H,4,10H2,1H3. The average molecular weight is 161 g/mol. The van der Waals surface area contributed by atoms with Gasteiger partial charge in [0.05, 0.1) is 18.4 Å². The molecule has 0 saturated carbocycles. The molecular formula is C7H9F2NO. The highest BCUT2D eigenvalue weighted by molar-refractivity contribution is 5.21. The van der Waals surface area contributed by atoms with Crippen molar-refractivity contribution in [3.63, 3.8) is 0 Å². The molecule has 0 bridgehead atoms. The monoisotopic (exact) mass is 161 g/mol. The minimum absolute atomic E-state index is 0.125. The fraction of sp³-hybridized carbons (Fsp3) is 0.429. The van der Waals surface area contributed by atoms with E-state index >= 15 is 0 Å². The Hall–Kier alpha value is -0.900. The van der Waals surface area contributed by atoms with Gasteiger partial charge in [0, 0.05) is 0 Å². The molecule has 11 heavy (non-hydrogen) atoms. The van der Waals surface area contributed by atoms with Crippen LogP contribution in [0.5, 0.6) is 0 Å². The molecule has 0 unspecified atom stereocenters. The van der Waals surface area contributed by atoms with E-state index in [2.05, 4.69) is 0 Å². The van der Waals surface area contributed by atoms with Gasteiger partial charge >= 0.3 is 0 Å². The third-order valence-corrected chi connectivity index (χ3v) is 1.51. The molecule has 0 aliphatic heterocycles. The molecule has 0 saturated heterocycles. The summed E-state index contributed by atoms with van der Waals surface area (Å²) < 4.78 is 30.3. The van der Waals surface area contributed by atoms with Crippen molar-refractivity contribution in [3.05, 3.63) is 23.7 Å². The van der Waals surface area contributed by atoms with Gasteiger partial charge in [0.15, 0.2) is 0 Å². The number of alkyl halides is 2. The van der Waals surface area contributed by atoms with E-state index in [4.69, 9.17) is 10.2 Å². The maximum absolute atomic E-state index is 12.8. The zero-order chi connectivity index (χ0) is 8.48. The van der Waals surface area contributed by atoms with E-state index in [0.29, 0.717) is 0 Å². The molecular weight excluding hydrogens is 152 g/mol. The second-order valence-electron chi connectivity index (χ2n) is 2.30. The summed E-state index contributed by atoms with van der Waals surface area (Å²) >= 11 is 0. The number of aryl methyl sites for hydroxylation is 1. The Labute approximate surface area is 63.0 Å². The quantitative estimate of drug-likeness (QED) is 0.716. The van der Waals surface area contributed by atoms with Crippen LogP contribution in [0.3, 0.4) is 0 Å². The number of rotatable bonds is 2. The summed E-state index contributed by atoms with van der Waals surface area (Å²) in [7, 11) is 0. The molecule has 2 nitrogen and oxygen atoms in total. The predicted molar refractivity (Wildman–Crippen MR) is 36.4 cm³/mol. The van der Waals surface area contributed by atoms with Crippen molar-refractivity contribution in [3.8, 4) is 0 Å². The van der Waals surface area contributed by atoms with Gasteiger partial charge in [-0.2, -0.15) is 8.78 Å². The van der Waals surface area contributed by atoms with Crippen molar-refractivity contribution in [2.24, 2.45) is 5.73 Å². The molecule has 0 fully saturated rings. The Morgan fingerprint density at radius 3 is 2.64 bits per heavy atom. The lowest BCUT2D eigenvalue weighted by Crippen LogP contribution is -2.25. The zero-order valence-corrected chi connectivity index (χ0v) is 6.10. The number of halogens is 2. The summed E-state index contributed by atoms with van der Waals surface area (Å²) in [6.45, 7) is 0.798. The minimum atomic E-state index is -2.96. The molecule has 0 spiro atoms. The summed E-state index contributed by atoms with van der Waals surface area (Å²) in [5.74, 6) is -2.74. The van der Waals surface area contributed by atoms with Crippen molar-refractivity contribution >= 4 is 0 Å². The highest BCUT2D eigenvalue weighted by atomic mass is 19.3. The van der Waals surface area contributed by atoms with Crippen LogP contribution >= 0.6 is 0 Å². The molecule has 62 valence electrons. The maximum Gasteiger partial charge on any atom is 0.288 e.